The molecule has 3 aromatic rings. The Morgan fingerprint density at radius 3 is 2.66 bits per heavy atom. The van der Waals surface area contributed by atoms with Crippen LogP contribution in [0.4, 0.5) is 0 Å². The van der Waals surface area contributed by atoms with Gasteiger partial charge in [-0.1, -0.05) is 81.0 Å². The summed E-state index contributed by atoms with van der Waals surface area (Å²) >= 11 is 13.4. The van der Waals surface area contributed by atoms with Gasteiger partial charge in [0.05, 0.1) is 22.2 Å². The number of carbonyl (C=O) groups is 1. The number of unbranched alkanes of at least 4 members (excludes halogenated alkanes) is 1. The van der Waals surface area contributed by atoms with Crippen molar-refractivity contribution in [1.82, 2.24) is 14.7 Å². The molecule has 1 saturated heterocycles. The van der Waals surface area contributed by atoms with E-state index in [1.54, 1.807) is 4.90 Å². The largest absolute Gasteiger partial charge is 0.492 e. The number of amides is 1. The van der Waals surface area contributed by atoms with Gasteiger partial charge in [0.2, 0.25) is 0 Å². The van der Waals surface area contributed by atoms with Gasteiger partial charge in [0, 0.05) is 23.9 Å². The number of rotatable bonds is 9. The molecule has 5 nitrogen and oxygen atoms in total. The molecule has 2 heterocycles. The summed E-state index contributed by atoms with van der Waals surface area (Å²) in [6.07, 6.45) is 5.83. The standard InChI is InChI=1S/C27H28ClN3O2S2/c1-4-5-13-33-23-12-11-19(14-22(23)28)25-20(17-31(29-25)21-9-7-6-8-10-21)15-24-26(32)30(16-18(2)3)27(34)35-24/h6-12,14-15,17-18H,4-5,13,16H2,1-3H3. The van der Waals surface area contributed by atoms with Crippen LogP contribution in [0.2, 0.25) is 5.02 Å². The number of aromatic nitrogens is 2. The van der Waals surface area contributed by atoms with Gasteiger partial charge in [-0.05, 0) is 48.7 Å². The van der Waals surface area contributed by atoms with Crippen molar-refractivity contribution in [2.75, 3.05) is 13.2 Å². The first-order valence-electron chi connectivity index (χ1n) is 11.7. The Labute approximate surface area is 221 Å². The van der Waals surface area contributed by atoms with Crippen molar-refractivity contribution in [2.45, 2.75) is 33.6 Å². The molecule has 0 spiro atoms. The van der Waals surface area contributed by atoms with Crippen molar-refractivity contribution in [2.24, 2.45) is 5.92 Å². The number of nitrogens with zero attached hydrogens (tertiary/aromatic N) is 3. The molecule has 2 aromatic carbocycles. The molecule has 0 atom stereocenters. The van der Waals surface area contributed by atoms with E-state index in [0.717, 1.165) is 35.3 Å². The lowest BCUT2D eigenvalue weighted by molar-refractivity contribution is -0.122. The second-order valence-corrected chi connectivity index (χ2v) is 10.8. The molecule has 1 amide bonds. The Balaban J connectivity index is 1.73. The summed E-state index contributed by atoms with van der Waals surface area (Å²) in [4.78, 5) is 15.4. The summed E-state index contributed by atoms with van der Waals surface area (Å²) < 4.78 is 8.21. The third-order valence-electron chi connectivity index (χ3n) is 5.43. The fourth-order valence-electron chi connectivity index (χ4n) is 3.69. The van der Waals surface area contributed by atoms with E-state index < -0.39 is 0 Å². The highest BCUT2D eigenvalue weighted by Crippen LogP contribution is 2.37. The third-order valence-corrected chi connectivity index (χ3v) is 7.11. The molecule has 1 aliphatic heterocycles. The number of ether oxygens (including phenoxy) is 1. The molecule has 0 radical (unpaired) electrons. The van der Waals surface area contributed by atoms with Crippen LogP contribution in [0.5, 0.6) is 5.75 Å². The summed E-state index contributed by atoms with van der Waals surface area (Å²) in [6, 6.07) is 15.6. The normalized spacial score (nSPS) is 15.0. The predicted molar refractivity (Wildman–Crippen MR) is 149 cm³/mol. The van der Waals surface area contributed by atoms with Crippen LogP contribution in [-0.2, 0) is 4.79 Å². The van der Waals surface area contributed by atoms with Gasteiger partial charge in [0.25, 0.3) is 5.91 Å². The SMILES string of the molecule is CCCCOc1ccc(-c2nn(-c3ccccc3)cc2C=C2SC(=S)N(CC(C)C)C2=O)cc1Cl. The zero-order valence-electron chi connectivity index (χ0n) is 20.0. The maximum Gasteiger partial charge on any atom is 0.266 e. The monoisotopic (exact) mass is 525 g/mol. The molecule has 1 aliphatic rings. The van der Waals surface area contributed by atoms with Crippen LogP contribution in [-0.4, -0.2) is 38.1 Å². The number of thiocarbonyl (C=S) groups is 1. The molecule has 1 fully saturated rings. The first-order valence-corrected chi connectivity index (χ1v) is 13.3. The van der Waals surface area contributed by atoms with Crippen LogP contribution in [0.25, 0.3) is 23.0 Å². The van der Waals surface area contributed by atoms with E-state index in [2.05, 4.69) is 20.8 Å². The number of para-hydroxylation sites is 1. The zero-order chi connectivity index (χ0) is 24.9. The number of carbonyl (C=O) groups excluding carboxylic acids is 1. The molecular formula is C27H28ClN3O2S2. The number of thioether (sulfide) groups is 1. The lowest BCUT2D eigenvalue weighted by Gasteiger charge is -2.16. The number of hydrogen-bond donors (Lipinski definition) is 0. The van der Waals surface area contributed by atoms with Gasteiger partial charge in [0.15, 0.2) is 0 Å². The van der Waals surface area contributed by atoms with E-state index in [1.807, 2.05) is 65.5 Å². The quantitative estimate of drug-likeness (QED) is 0.167. The molecule has 182 valence electrons. The zero-order valence-corrected chi connectivity index (χ0v) is 22.4. The van der Waals surface area contributed by atoms with E-state index in [9.17, 15) is 4.79 Å². The van der Waals surface area contributed by atoms with Crippen LogP contribution in [0.15, 0.2) is 59.6 Å². The van der Waals surface area contributed by atoms with Gasteiger partial charge in [-0.15, -0.1) is 0 Å². The van der Waals surface area contributed by atoms with Crippen molar-refractivity contribution in [1.29, 1.82) is 0 Å². The van der Waals surface area contributed by atoms with Crippen LogP contribution in [0.1, 0.15) is 39.2 Å². The van der Waals surface area contributed by atoms with Crippen LogP contribution in [0, 0.1) is 5.92 Å². The molecule has 1 aromatic heterocycles. The second kappa shape index (κ2) is 11.4. The van der Waals surface area contributed by atoms with Gasteiger partial charge < -0.3 is 4.74 Å². The van der Waals surface area contributed by atoms with Crippen molar-refractivity contribution in [3.63, 3.8) is 0 Å². The van der Waals surface area contributed by atoms with Crippen molar-refractivity contribution in [3.8, 4) is 22.7 Å². The average Bonchev–Trinajstić information content (AvgIpc) is 3.37. The first kappa shape index (κ1) is 25.5. The van der Waals surface area contributed by atoms with Crippen molar-refractivity contribution < 1.29 is 9.53 Å². The topological polar surface area (TPSA) is 47.4 Å². The fourth-order valence-corrected chi connectivity index (χ4v) is 5.19. The molecule has 35 heavy (non-hydrogen) atoms. The van der Waals surface area contributed by atoms with Gasteiger partial charge in [-0.2, -0.15) is 5.10 Å². The Morgan fingerprint density at radius 1 is 1.20 bits per heavy atom. The van der Waals surface area contributed by atoms with Crippen LogP contribution >= 0.6 is 35.6 Å². The molecule has 0 N–H and O–H groups in total. The smallest absolute Gasteiger partial charge is 0.266 e. The lowest BCUT2D eigenvalue weighted by Crippen LogP contribution is -2.31. The summed E-state index contributed by atoms with van der Waals surface area (Å²) in [5, 5.41) is 5.39. The Kier molecular flexibility index (Phi) is 8.31. The molecule has 8 heteroatoms. The highest BCUT2D eigenvalue weighted by Gasteiger charge is 2.32. The Hall–Kier alpha value is -2.61. The molecule has 0 bridgehead atoms. The maximum absolute atomic E-state index is 13.1. The minimum absolute atomic E-state index is 0.0650. The summed E-state index contributed by atoms with van der Waals surface area (Å²) in [5.41, 5.74) is 3.31. The van der Waals surface area contributed by atoms with Gasteiger partial charge in [-0.25, -0.2) is 4.68 Å². The molecule has 0 unspecified atom stereocenters. The third kappa shape index (κ3) is 5.97. The summed E-state index contributed by atoms with van der Waals surface area (Å²) in [5.74, 6) is 0.917. The van der Waals surface area contributed by atoms with Gasteiger partial charge in [-0.3, -0.25) is 9.69 Å². The van der Waals surface area contributed by atoms with E-state index in [0.29, 0.717) is 39.1 Å². The number of halogens is 1. The van der Waals surface area contributed by atoms with Crippen LogP contribution in [0.3, 0.4) is 0 Å². The maximum atomic E-state index is 13.1. The second-order valence-electron chi connectivity index (χ2n) is 8.75. The van der Waals surface area contributed by atoms with Gasteiger partial charge >= 0.3 is 0 Å². The number of hydrogen-bond acceptors (Lipinski definition) is 5. The van der Waals surface area contributed by atoms with Crippen molar-refractivity contribution in [3.05, 3.63) is 70.2 Å². The minimum Gasteiger partial charge on any atom is -0.492 e. The average molecular weight is 526 g/mol. The Morgan fingerprint density at radius 2 is 1.97 bits per heavy atom. The minimum atomic E-state index is -0.0650. The molecule has 0 aliphatic carbocycles. The van der Waals surface area contributed by atoms with Crippen LogP contribution < -0.4 is 4.74 Å². The fraction of sp³-hybridized carbons (Fsp3) is 0.296. The molecular weight excluding hydrogens is 498 g/mol. The summed E-state index contributed by atoms with van der Waals surface area (Å²) in [7, 11) is 0. The molecule has 0 saturated carbocycles. The first-order chi connectivity index (χ1) is 16.9. The van der Waals surface area contributed by atoms with Gasteiger partial charge in [0.1, 0.15) is 15.8 Å². The number of benzene rings is 2. The van der Waals surface area contributed by atoms with E-state index >= 15 is 0 Å². The van der Waals surface area contributed by atoms with Crippen molar-refractivity contribution >= 4 is 51.9 Å². The molecule has 4 rings (SSSR count). The van der Waals surface area contributed by atoms with E-state index in [-0.39, 0.29) is 5.91 Å². The highest BCUT2D eigenvalue weighted by molar-refractivity contribution is 8.26. The predicted octanol–water partition coefficient (Wildman–Crippen LogP) is 7.23. The summed E-state index contributed by atoms with van der Waals surface area (Å²) in [6.45, 7) is 7.50. The van der Waals surface area contributed by atoms with E-state index in [1.165, 1.54) is 11.8 Å². The van der Waals surface area contributed by atoms with E-state index in [4.69, 9.17) is 33.7 Å². The highest BCUT2D eigenvalue weighted by atomic mass is 35.5. The lowest BCUT2D eigenvalue weighted by atomic mass is 10.1. The Bertz CT molecular complexity index is 1250.